The van der Waals surface area contributed by atoms with Crippen molar-refractivity contribution in [2.24, 2.45) is 4.99 Å². The van der Waals surface area contributed by atoms with Crippen molar-refractivity contribution < 1.29 is 4.52 Å². The molecule has 1 unspecified atom stereocenters. The minimum Gasteiger partial charge on any atom is -0.364 e. The first kappa shape index (κ1) is 19.8. The molecule has 4 aliphatic heterocycles. The summed E-state index contributed by atoms with van der Waals surface area (Å²) in [4.78, 5) is 14.5. The Hall–Kier alpha value is -0.910. The average molecular weight is 475 g/mol. The fourth-order valence-electron chi connectivity index (χ4n) is 4.13. The maximum Gasteiger partial charge on any atom is 0.193 e. The van der Waals surface area contributed by atoms with Crippen molar-refractivity contribution in [2.45, 2.75) is 12.6 Å². The molecule has 5 heterocycles. The predicted octanol–water partition coefficient (Wildman–Crippen LogP) is -0.0146. The van der Waals surface area contributed by atoms with Crippen molar-refractivity contribution in [2.75, 3.05) is 72.5 Å². The molecule has 5 rings (SSSR count). The first-order chi connectivity index (χ1) is 12.3. The molecule has 1 N–H and O–H groups in total. The molecule has 1 aromatic rings. The monoisotopic (exact) mass is 475 g/mol. The number of aliphatic imine (C=N–C) groups is 1. The van der Waals surface area contributed by atoms with E-state index in [-0.39, 0.29) is 24.0 Å². The molecular weight excluding hydrogens is 445 g/mol. The van der Waals surface area contributed by atoms with Crippen LogP contribution >= 0.6 is 24.0 Å². The molecule has 0 aliphatic carbocycles. The van der Waals surface area contributed by atoms with Gasteiger partial charge in [-0.3, -0.25) is 19.7 Å². The zero-order chi connectivity index (χ0) is 17.1. The zero-order valence-electron chi connectivity index (χ0n) is 15.5. The lowest BCUT2D eigenvalue weighted by atomic mass is 10.1. The smallest absolute Gasteiger partial charge is 0.193 e. The minimum atomic E-state index is 0. The molecule has 0 spiro atoms. The molecule has 0 amide bonds. The van der Waals surface area contributed by atoms with Crippen molar-refractivity contribution in [1.82, 2.24) is 30.1 Å². The van der Waals surface area contributed by atoms with Gasteiger partial charge in [-0.15, -0.1) is 24.0 Å². The van der Waals surface area contributed by atoms with Crippen LogP contribution < -0.4 is 5.32 Å². The van der Waals surface area contributed by atoms with Crippen LogP contribution in [0.4, 0.5) is 0 Å². The van der Waals surface area contributed by atoms with Crippen LogP contribution in [-0.4, -0.2) is 109 Å². The molecule has 2 bridgehead atoms. The molecule has 1 atom stereocenters. The minimum absolute atomic E-state index is 0. The number of hydrogen-bond donors (Lipinski definition) is 1. The highest BCUT2D eigenvalue weighted by Crippen LogP contribution is 2.15. The normalized spacial score (nSPS) is 29.5. The van der Waals surface area contributed by atoms with Gasteiger partial charge in [0.05, 0.1) is 5.69 Å². The van der Waals surface area contributed by atoms with Gasteiger partial charge in [-0.1, -0.05) is 5.16 Å². The first-order valence-corrected chi connectivity index (χ1v) is 9.35. The van der Waals surface area contributed by atoms with E-state index in [1.807, 2.05) is 13.1 Å². The van der Waals surface area contributed by atoms with Crippen molar-refractivity contribution in [3.05, 3.63) is 18.0 Å². The number of fused-ring (bicyclic) bond motifs is 3. The number of halogens is 1. The van der Waals surface area contributed by atoms with Crippen LogP contribution in [0.15, 0.2) is 21.8 Å². The van der Waals surface area contributed by atoms with Gasteiger partial charge in [0.15, 0.2) is 5.96 Å². The van der Waals surface area contributed by atoms with E-state index in [9.17, 15) is 0 Å². The molecule has 8 nitrogen and oxygen atoms in total. The Morgan fingerprint density at radius 1 is 1.19 bits per heavy atom. The first-order valence-electron chi connectivity index (χ1n) is 9.35. The highest BCUT2D eigenvalue weighted by Gasteiger charge is 2.32. The number of aromatic nitrogens is 1. The maximum absolute atomic E-state index is 4.92. The zero-order valence-corrected chi connectivity index (χ0v) is 17.8. The fourth-order valence-corrected chi connectivity index (χ4v) is 4.13. The van der Waals surface area contributed by atoms with Gasteiger partial charge in [-0.25, -0.2) is 0 Å². The molecule has 1 aromatic heterocycles. The van der Waals surface area contributed by atoms with E-state index in [4.69, 9.17) is 4.52 Å². The number of guanidine groups is 1. The maximum atomic E-state index is 4.92. The fraction of sp³-hybridized carbons (Fsp3) is 0.765. The number of nitrogens with zero attached hydrogens (tertiary/aromatic N) is 6. The van der Waals surface area contributed by atoms with Crippen molar-refractivity contribution in [3.8, 4) is 0 Å². The van der Waals surface area contributed by atoms with Gasteiger partial charge in [0.25, 0.3) is 0 Å². The summed E-state index contributed by atoms with van der Waals surface area (Å²) in [5.74, 6) is 1.04. The van der Waals surface area contributed by atoms with Crippen LogP contribution in [0.2, 0.25) is 0 Å². The largest absolute Gasteiger partial charge is 0.364 e. The second-order valence-corrected chi connectivity index (χ2v) is 7.17. The molecule has 4 saturated heterocycles. The third kappa shape index (κ3) is 4.68. The lowest BCUT2D eigenvalue weighted by Gasteiger charge is -2.47. The number of nitrogens with one attached hydrogen (secondary N) is 1. The van der Waals surface area contributed by atoms with E-state index in [1.54, 1.807) is 6.26 Å². The molecule has 146 valence electrons. The van der Waals surface area contributed by atoms with E-state index < -0.39 is 0 Å². The summed E-state index contributed by atoms with van der Waals surface area (Å²) in [7, 11) is 1.89. The Kier molecular flexibility index (Phi) is 7.12. The van der Waals surface area contributed by atoms with Crippen LogP contribution in [-0.2, 0) is 6.54 Å². The van der Waals surface area contributed by atoms with Crippen LogP contribution in [0.3, 0.4) is 0 Å². The van der Waals surface area contributed by atoms with Crippen molar-refractivity contribution in [1.29, 1.82) is 0 Å². The second kappa shape index (κ2) is 9.34. The molecule has 4 aliphatic rings. The predicted molar refractivity (Wildman–Crippen MR) is 112 cm³/mol. The number of piperazine rings is 4. The summed E-state index contributed by atoms with van der Waals surface area (Å²) in [5.41, 5.74) is 1.01. The topological polar surface area (TPSA) is 63.4 Å². The van der Waals surface area contributed by atoms with Crippen LogP contribution in [0.1, 0.15) is 5.69 Å². The van der Waals surface area contributed by atoms with Crippen LogP contribution in [0.5, 0.6) is 0 Å². The Morgan fingerprint density at radius 2 is 1.96 bits per heavy atom. The van der Waals surface area contributed by atoms with Gasteiger partial charge >= 0.3 is 0 Å². The highest BCUT2D eigenvalue weighted by molar-refractivity contribution is 14.0. The molecule has 0 radical (unpaired) electrons. The molecule has 0 aromatic carbocycles. The molecule has 26 heavy (non-hydrogen) atoms. The van der Waals surface area contributed by atoms with Crippen LogP contribution in [0, 0.1) is 0 Å². The standard InChI is InChI=1S/C17H29N7O.HI/c1-18-17(19-12-16-14-22-3-7-23(16)8-4-22)24-9-5-21(6-10-24)13-15-2-11-25-20-15;/h2,11,16H,3-10,12-14H2,1H3,(H,18,19);1H. The SMILES string of the molecule is CN=C(NCC1CN2CCN1CC2)N1CCN(Cc2ccon2)CC1.I. The van der Waals surface area contributed by atoms with E-state index >= 15 is 0 Å². The van der Waals surface area contributed by atoms with Gasteiger partial charge in [0.1, 0.15) is 6.26 Å². The van der Waals surface area contributed by atoms with E-state index in [0.717, 1.165) is 50.9 Å². The van der Waals surface area contributed by atoms with E-state index in [0.29, 0.717) is 6.04 Å². The summed E-state index contributed by atoms with van der Waals surface area (Å²) in [6.07, 6.45) is 1.64. The molecule has 4 fully saturated rings. The highest BCUT2D eigenvalue weighted by atomic mass is 127. The van der Waals surface area contributed by atoms with Gasteiger partial charge in [0, 0.05) is 91.1 Å². The lowest BCUT2D eigenvalue weighted by molar-refractivity contribution is 0.0151. The third-order valence-corrected chi connectivity index (χ3v) is 5.65. The molecule has 9 heteroatoms. The summed E-state index contributed by atoms with van der Waals surface area (Å²) < 4.78 is 4.92. The second-order valence-electron chi connectivity index (χ2n) is 7.17. The summed E-state index contributed by atoms with van der Waals surface area (Å²) >= 11 is 0. The molecular formula is C17H30IN7O. The Morgan fingerprint density at radius 3 is 2.54 bits per heavy atom. The van der Waals surface area contributed by atoms with Gasteiger partial charge in [0.2, 0.25) is 0 Å². The number of hydrogen-bond acceptors (Lipinski definition) is 6. The van der Waals surface area contributed by atoms with Gasteiger partial charge in [-0.2, -0.15) is 0 Å². The lowest BCUT2D eigenvalue weighted by Crippen LogP contribution is -2.64. The van der Waals surface area contributed by atoms with Crippen LogP contribution in [0.25, 0.3) is 0 Å². The number of rotatable bonds is 4. The summed E-state index contributed by atoms with van der Waals surface area (Å²) in [6.45, 7) is 12.0. The van der Waals surface area contributed by atoms with Crippen molar-refractivity contribution >= 4 is 29.9 Å². The Labute approximate surface area is 172 Å². The Bertz CT molecular complexity index is 566. The molecule has 0 saturated carbocycles. The van der Waals surface area contributed by atoms with E-state index in [2.05, 4.69) is 35.1 Å². The third-order valence-electron chi connectivity index (χ3n) is 5.65. The van der Waals surface area contributed by atoms with Gasteiger partial charge < -0.3 is 14.7 Å². The van der Waals surface area contributed by atoms with E-state index in [1.165, 1.54) is 32.7 Å². The quantitative estimate of drug-likeness (QED) is 0.374. The van der Waals surface area contributed by atoms with Gasteiger partial charge in [-0.05, 0) is 0 Å². The summed E-state index contributed by atoms with van der Waals surface area (Å²) in [6, 6.07) is 2.56. The Balaban J connectivity index is 0.00000196. The summed E-state index contributed by atoms with van der Waals surface area (Å²) in [5, 5.41) is 7.62. The van der Waals surface area contributed by atoms with Crippen molar-refractivity contribution in [3.63, 3.8) is 0 Å². The average Bonchev–Trinajstić information content (AvgIpc) is 3.17.